The average Bonchev–Trinajstić information content (AvgIpc) is 2.76. The zero-order valence-corrected chi connectivity index (χ0v) is 9.52. The van der Waals surface area contributed by atoms with Gasteiger partial charge in [0.05, 0.1) is 5.69 Å². The summed E-state index contributed by atoms with van der Waals surface area (Å²) in [5, 5.41) is 0. The third-order valence-corrected chi connectivity index (χ3v) is 2.98. The van der Waals surface area contributed by atoms with Crippen LogP contribution in [-0.4, -0.2) is 35.8 Å². The summed E-state index contributed by atoms with van der Waals surface area (Å²) in [5.74, 6) is 0.752. The van der Waals surface area contributed by atoms with Gasteiger partial charge in [-0.3, -0.25) is 0 Å². The number of nitrogens with zero attached hydrogens (tertiary/aromatic N) is 2. The number of aldehydes is 1. The van der Waals surface area contributed by atoms with Gasteiger partial charge in [-0.2, -0.15) is 0 Å². The topological polar surface area (TPSA) is 46.3 Å². The molecule has 1 aromatic rings. The van der Waals surface area contributed by atoms with Gasteiger partial charge in [-0.15, -0.1) is 0 Å². The van der Waals surface area contributed by atoms with E-state index in [1.165, 1.54) is 32.4 Å². The van der Waals surface area contributed by atoms with Gasteiger partial charge in [0.1, 0.15) is 12.5 Å². The lowest BCUT2D eigenvalue weighted by molar-refractivity contribution is -0.107. The molecule has 0 aliphatic carbocycles. The van der Waals surface area contributed by atoms with E-state index < -0.39 is 0 Å². The maximum atomic E-state index is 10.3. The Morgan fingerprint density at radius 1 is 1.38 bits per heavy atom. The first-order valence-corrected chi connectivity index (χ1v) is 5.98. The quantitative estimate of drug-likeness (QED) is 0.707. The average molecular weight is 222 g/mol. The van der Waals surface area contributed by atoms with Crippen LogP contribution in [0.2, 0.25) is 0 Å². The van der Waals surface area contributed by atoms with Crippen LogP contribution in [0.15, 0.2) is 10.7 Å². The third kappa shape index (κ3) is 3.17. The van der Waals surface area contributed by atoms with Gasteiger partial charge in [0.25, 0.3) is 0 Å². The van der Waals surface area contributed by atoms with Crippen molar-refractivity contribution in [3.8, 4) is 0 Å². The maximum Gasteiger partial charge on any atom is 0.195 e. The van der Waals surface area contributed by atoms with Crippen molar-refractivity contribution in [2.24, 2.45) is 0 Å². The van der Waals surface area contributed by atoms with Gasteiger partial charge in [0.2, 0.25) is 0 Å². The molecule has 0 radical (unpaired) electrons. The highest BCUT2D eigenvalue weighted by Crippen LogP contribution is 2.10. The van der Waals surface area contributed by atoms with E-state index in [-0.39, 0.29) is 0 Å². The van der Waals surface area contributed by atoms with Crippen LogP contribution in [0.1, 0.15) is 30.8 Å². The highest BCUT2D eigenvalue weighted by Gasteiger charge is 2.11. The molecular formula is C12H18N2O2. The van der Waals surface area contributed by atoms with Crippen molar-refractivity contribution in [2.75, 3.05) is 19.6 Å². The minimum atomic E-state index is 0.354. The van der Waals surface area contributed by atoms with Crippen LogP contribution in [0.5, 0.6) is 0 Å². The van der Waals surface area contributed by atoms with E-state index in [0.717, 1.165) is 30.8 Å². The number of aromatic nitrogens is 1. The van der Waals surface area contributed by atoms with Crippen LogP contribution in [0.25, 0.3) is 0 Å². The molecule has 88 valence electrons. The molecule has 0 spiro atoms. The van der Waals surface area contributed by atoms with E-state index in [0.29, 0.717) is 6.42 Å². The molecule has 2 heterocycles. The van der Waals surface area contributed by atoms with Gasteiger partial charge >= 0.3 is 0 Å². The van der Waals surface area contributed by atoms with Crippen LogP contribution < -0.4 is 0 Å². The summed E-state index contributed by atoms with van der Waals surface area (Å²) in [6.45, 7) is 3.41. The van der Waals surface area contributed by atoms with Gasteiger partial charge < -0.3 is 14.1 Å². The van der Waals surface area contributed by atoms with Crippen molar-refractivity contribution in [3.05, 3.63) is 17.8 Å². The van der Waals surface area contributed by atoms with Crippen LogP contribution in [0.4, 0.5) is 0 Å². The first-order valence-electron chi connectivity index (χ1n) is 5.98. The summed E-state index contributed by atoms with van der Waals surface area (Å²) in [5.41, 5.74) is 0.739. The summed E-state index contributed by atoms with van der Waals surface area (Å²) in [7, 11) is 0. The molecule has 1 saturated heterocycles. The zero-order valence-electron chi connectivity index (χ0n) is 9.52. The van der Waals surface area contributed by atoms with Crippen molar-refractivity contribution in [1.82, 2.24) is 9.88 Å². The van der Waals surface area contributed by atoms with E-state index in [2.05, 4.69) is 9.88 Å². The van der Waals surface area contributed by atoms with E-state index in [1.807, 2.05) is 0 Å². The minimum Gasteiger partial charge on any atom is -0.449 e. The number of oxazole rings is 1. The fraction of sp³-hybridized carbons (Fsp3) is 0.667. The minimum absolute atomic E-state index is 0.354. The molecule has 0 aromatic carbocycles. The maximum absolute atomic E-state index is 10.3. The van der Waals surface area contributed by atoms with Gasteiger partial charge in [0.15, 0.2) is 5.89 Å². The molecule has 0 N–H and O–H groups in total. The molecule has 0 atom stereocenters. The normalized spacial score (nSPS) is 17.5. The van der Waals surface area contributed by atoms with Crippen LogP contribution in [0.3, 0.4) is 0 Å². The van der Waals surface area contributed by atoms with Gasteiger partial charge in [-0.05, 0) is 25.9 Å². The van der Waals surface area contributed by atoms with Crippen molar-refractivity contribution < 1.29 is 9.21 Å². The van der Waals surface area contributed by atoms with E-state index >= 15 is 0 Å². The summed E-state index contributed by atoms with van der Waals surface area (Å²) in [4.78, 5) is 17.0. The number of carbonyl (C=O) groups excluding carboxylic acids is 1. The first kappa shape index (κ1) is 11.3. The molecule has 0 unspecified atom stereocenters. The van der Waals surface area contributed by atoms with E-state index in [1.54, 1.807) is 6.26 Å². The largest absolute Gasteiger partial charge is 0.449 e. The second-order valence-electron chi connectivity index (χ2n) is 4.26. The van der Waals surface area contributed by atoms with Gasteiger partial charge in [-0.1, -0.05) is 6.42 Å². The molecule has 1 aromatic heterocycles. The number of hydrogen-bond acceptors (Lipinski definition) is 4. The van der Waals surface area contributed by atoms with Crippen LogP contribution in [-0.2, 0) is 17.6 Å². The lowest BCUT2D eigenvalue weighted by Gasteiger charge is -2.25. The fourth-order valence-corrected chi connectivity index (χ4v) is 2.08. The fourth-order valence-electron chi connectivity index (χ4n) is 2.08. The molecule has 16 heavy (non-hydrogen) atoms. The van der Waals surface area contributed by atoms with E-state index in [9.17, 15) is 4.79 Å². The number of piperidine rings is 1. The van der Waals surface area contributed by atoms with Crippen LogP contribution in [0, 0.1) is 0 Å². The lowest BCUT2D eigenvalue weighted by Crippen LogP contribution is -2.31. The first-order chi connectivity index (χ1) is 7.88. The number of hydrogen-bond donors (Lipinski definition) is 0. The molecule has 0 amide bonds. The van der Waals surface area contributed by atoms with Gasteiger partial charge in [-0.25, -0.2) is 4.98 Å². The number of rotatable bonds is 5. The predicted octanol–water partition coefficient (Wildman–Crippen LogP) is 1.44. The third-order valence-electron chi connectivity index (χ3n) is 2.98. The Balaban J connectivity index is 1.77. The molecule has 2 rings (SSSR count). The Hall–Kier alpha value is -1.16. The van der Waals surface area contributed by atoms with Crippen molar-refractivity contribution >= 4 is 6.29 Å². The Kier molecular flexibility index (Phi) is 4.10. The molecule has 4 nitrogen and oxygen atoms in total. The lowest BCUT2D eigenvalue weighted by atomic mass is 10.1. The molecule has 1 aliphatic rings. The number of carbonyl (C=O) groups is 1. The summed E-state index contributed by atoms with van der Waals surface area (Å²) < 4.78 is 5.31. The highest BCUT2D eigenvalue weighted by molar-refractivity contribution is 5.53. The smallest absolute Gasteiger partial charge is 0.195 e. The second kappa shape index (κ2) is 5.80. The summed E-state index contributed by atoms with van der Waals surface area (Å²) in [6.07, 6.45) is 7.61. The van der Waals surface area contributed by atoms with Crippen molar-refractivity contribution in [2.45, 2.75) is 32.1 Å². The molecular weight excluding hydrogens is 204 g/mol. The Morgan fingerprint density at radius 2 is 2.19 bits per heavy atom. The summed E-state index contributed by atoms with van der Waals surface area (Å²) >= 11 is 0. The Labute approximate surface area is 95.6 Å². The Bertz CT molecular complexity index is 330. The molecule has 0 bridgehead atoms. The zero-order chi connectivity index (χ0) is 11.2. The Morgan fingerprint density at radius 3 is 2.94 bits per heavy atom. The standard InChI is InChI=1S/C12H18N2O2/c15-9-5-11-10-16-12(13-11)4-8-14-6-2-1-3-7-14/h9-10H,1-8H2. The van der Waals surface area contributed by atoms with E-state index in [4.69, 9.17) is 4.42 Å². The second-order valence-corrected chi connectivity index (χ2v) is 4.26. The predicted molar refractivity (Wildman–Crippen MR) is 60.3 cm³/mol. The van der Waals surface area contributed by atoms with Crippen molar-refractivity contribution in [1.29, 1.82) is 0 Å². The van der Waals surface area contributed by atoms with Crippen molar-refractivity contribution in [3.63, 3.8) is 0 Å². The molecule has 0 saturated carbocycles. The molecule has 1 aliphatic heterocycles. The SMILES string of the molecule is O=CCc1coc(CCN2CCCCC2)n1. The number of likely N-dealkylation sites (tertiary alicyclic amines) is 1. The summed E-state index contributed by atoms with van der Waals surface area (Å²) in [6, 6.07) is 0. The molecule has 4 heteroatoms. The monoisotopic (exact) mass is 222 g/mol. The highest BCUT2D eigenvalue weighted by atomic mass is 16.3. The van der Waals surface area contributed by atoms with Crippen LogP contribution >= 0.6 is 0 Å². The van der Waals surface area contributed by atoms with Gasteiger partial charge in [0, 0.05) is 19.4 Å². The molecule has 1 fully saturated rings.